The molecule has 2 rings (SSSR count). The molecule has 0 bridgehead atoms. The minimum atomic E-state index is -0.337. The summed E-state index contributed by atoms with van der Waals surface area (Å²) in [6.45, 7) is 5.72. The first-order chi connectivity index (χ1) is 10.5. The van der Waals surface area contributed by atoms with Crippen molar-refractivity contribution in [3.8, 4) is 10.6 Å². The number of aryl methyl sites for hydroxylation is 1. The van der Waals surface area contributed by atoms with Crippen LogP contribution in [0.2, 0.25) is 0 Å². The number of esters is 1. The number of ether oxygens (including phenoxy) is 1. The van der Waals surface area contributed by atoms with Crippen LogP contribution in [0.4, 0.5) is 5.69 Å². The monoisotopic (exact) mass is 318 g/mol. The summed E-state index contributed by atoms with van der Waals surface area (Å²) in [7, 11) is 0. The van der Waals surface area contributed by atoms with Crippen molar-refractivity contribution in [2.75, 3.05) is 11.9 Å². The number of hydrogen-bond acceptors (Lipinski definition) is 5. The van der Waals surface area contributed by atoms with Crippen molar-refractivity contribution in [2.24, 2.45) is 0 Å². The maximum atomic E-state index is 11.8. The molecule has 0 spiro atoms. The first-order valence-electron chi connectivity index (χ1n) is 7.10. The Balaban J connectivity index is 2.20. The van der Waals surface area contributed by atoms with Crippen molar-refractivity contribution in [2.45, 2.75) is 27.2 Å². The second-order valence-electron chi connectivity index (χ2n) is 4.63. The third-order valence-electron chi connectivity index (χ3n) is 2.99. The average Bonchev–Trinajstić information content (AvgIpc) is 2.90. The number of anilines is 1. The molecule has 0 atom stereocenters. The lowest BCUT2D eigenvalue weighted by atomic mass is 10.2. The minimum absolute atomic E-state index is 0.0255. The van der Waals surface area contributed by atoms with E-state index >= 15 is 0 Å². The Hall–Kier alpha value is -2.21. The molecule has 1 aromatic heterocycles. The van der Waals surface area contributed by atoms with Crippen LogP contribution in [0.3, 0.4) is 0 Å². The fourth-order valence-electron chi connectivity index (χ4n) is 1.85. The molecule has 0 aliphatic rings. The van der Waals surface area contributed by atoms with E-state index in [-0.39, 0.29) is 11.9 Å². The van der Waals surface area contributed by atoms with Crippen molar-refractivity contribution in [3.05, 3.63) is 34.8 Å². The van der Waals surface area contributed by atoms with Gasteiger partial charge < -0.3 is 10.1 Å². The molecule has 0 aliphatic heterocycles. The highest BCUT2D eigenvalue weighted by Gasteiger charge is 2.17. The average molecular weight is 318 g/mol. The topological polar surface area (TPSA) is 68.3 Å². The van der Waals surface area contributed by atoms with Crippen LogP contribution in [-0.4, -0.2) is 23.5 Å². The van der Waals surface area contributed by atoms with Crippen molar-refractivity contribution < 1.29 is 14.3 Å². The van der Waals surface area contributed by atoms with Gasteiger partial charge in [0, 0.05) is 17.7 Å². The van der Waals surface area contributed by atoms with E-state index in [2.05, 4.69) is 10.3 Å². The van der Waals surface area contributed by atoms with Gasteiger partial charge in [0.15, 0.2) is 0 Å². The quantitative estimate of drug-likeness (QED) is 0.855. The Morgan fingerprint density at radius 1 is 1.23 bits per heavy atom. The van der Waals surface area contributed by atoms with Gasteiger partial charge in [0.1, 0.15) is 9.88 Å². The van der Waals surface area contributed by atoms with E-state index < -0.39 is 0 Å². The van der Waals surface area contributed by atoms with Crippen LogP contribution < -0.4 is 5.32 Å². The SMILES string of the molecule is CCOC(=O)c1sc(-c2ccc(NC(=O)CC)cc2)nc1C. The molecule has 5 nitrogen and oxygen atoms in total. The molecule has 6 heteroatoms. The molecule has 0 saturated heterocycles. The lowest BCUT2D eigenvalue weighted by molar-refractivity contribution is -0.115. The number of nitrogens with zero attached hydrogens (tertiary/aromatic N) is 1. The van der Waals surface area contributed by atoms with E-state index in [0.717, 1.165) is 16.3 Å². The number of carbonyl (C=O) groups excluding carboxylic acids is 2. The van der Waals surface area contributed by atoms with Crippen LogP contribution in [0.5, 0.6) is 0 Å². The van der Waals surface area contributed by atoms with E-state index in [1.807, 2.05) is 24.3 Å². The van der Waals surface area contributed by atoms with Crippen LogP contribution in [0.15, 0.2) is 24.3 Å². The molecule has 1 heterocycles. The molecule has 0 unspecified atom stereocenters. The Labute approximate surface area is 133 Å². The number of nitrogens with one attached hydrogen (secondary N) is 1. The summed E-state index contributed by atoms with van der Waals surface area (Å²) in [5.41, 5.74) is 2.31. The van der Waals surface area contributed by atoms with Gasteiger partial charge in [-0.2, -0.15) is 0 Å². The number of carbonyl (C=O) groups is 2. The summed E-state index contributed by atoms with van der Waals surface area (Å²) in [5, 5.41) is 3.55. The van der Waals surface area contributed by atoms with E-state index in [0.29, 0.717) is 23.6 Å². The van der Waals surface area contributed by atoms with Crippen LogP contribution >= 0.6 is 11.3 Å². The van der Waals surface area contributed by atoms with Gasteiger partial charge in [0.2, 0.25) is 5.91 Å². The number of amides is 1. The first-order valence-corrected chi connectivity index (χ1v) is 7.91. The molecule has 22 heavy (non-hydrogen) atoms. The summed E-state index contributed by atoms with van der Waals surface area (Å²) >= 11 is 1.31. The highest BCUT2D eigenvalue weighted by Crippen LogP contribution is 2.29. The largest absolute Gasteiger partial charge is 0.462 e. The maximum Gasteiger partial charge on any atom is 0.350 e. The lowest BCUT2D eigenvalue weighted by Crippen LogP contribution is -2.08. The third-order valence-corrected chi connectivity index (χ3v) is 4.18. The third kappa shape index (κ3) is 3.71. The van der Waals surface area contributed by atoms with Gasteiger partial charge in [0.05, 0.1) is 12.3 Å². The zero-order valence-electron chi connectivity index (χ0n) is 12.8. The van der Waals surface area contributed by atoms with Crippen molar-refractivity contribution in [1.82, 2.24) is 4.98 Å². The van der Waals surface area contributed by atoms with Gasteiger partial charge >= 0.3 is 5.97 Å². The maximum absolute atomic E-state index is 11.8. The van der Waals surface area contributed by atoms with Gasteiger partial charge in [0.25, 0.3) is 0 Å². The summed E-state index contributed by atoms with van der Waals surface area (Å²) in [6, 6.07) is 7.39. The minimum Gasteiger partial charge on any atom is -0.462 e. The van der Waals surface area contributed by atoms with Crippen LogP contribution in [-0.2, 0) is 9.53 Å². The van der Waals surface area contributed by atoms with E-state index in [1.165, 1.54) is 11.3 Å². The zero-order valence-corrected chi connectivity index (χ0v) is 13.6. The van der Waals surface area contributed by atoms with Gasteiger partial charge in [-0.3, -0.25) is 4.79 Å². The predicted molar refractivity (Wildman–Crippen MR) is 87.2 cm³/mol. The summed E-state index contributed by atoms with van der Waals surface area (Å²) in [4.78, 5) is 28.1. The first kappa shape index (κ1) is 16.2. The Kier molecular flexibility index (Phi) is 5.27. The Bertz CT molecular complexity index is 677. The smallest absolute Gasteiger partial charge is 0.350 e. The van der Waals surface area contributed by atoms with Crippen LogP contribution in [0, 0.1) is 6.92 Å². The molecule has 0 fully saturated rings. The fraction of sp³-hybridized carbons (Fsp3) is 0.312. The standard InChI is InChI=1S/C16H18N2O3S/c1-4-13(19)18-12-8-6-11(7-9-12)15-17-10(3)14(22-15)16(20)21-5-2/h6-9H,4-5H2,1-3H3,(H,18,19). The fourth-order valence-corrected chi connectivity index (χ4v) is 2.82. The number of benzene rings is 1. The molecule has 1 aromatic carbocycles. The summed E-state index contributed by atoms with van der Waals surface area (Å²) in [6.07, 6.45) is 0.441. The van der Waals surface area contributed by atoms with Crippen molar-refractivity contribution in [1.29, 1.82) is 0 Å². The molecule has 2 aromatic rings. The highest BCUT2D eigenvalue weighted by atomic mass is 32.1. The van der Waals surface area contributed by atoms with Gasteiger partial charge in [-0.05, 0) is 38.1 Å². The molecule has 1 N–H and O–H groups in total. The van der Waals surface area contributed by atoms with Gasteiger partial charge in [-0.15, -0.1) is 11.3 Å². The van der Waals surface area contributed by atoms with E-state index in [4.69, 9.17) is 4.74 Å². The normalized spacial score (nSPS) is 10.3. The molecule has 0 saturated carbocycles. The molecule has 116 valence electrons. The van der Waals surface area contributed by atoms with Crippen LogP contribution in [0.1, 0.15) is 35.6 Å². The Morgan fingerprint density at radius 3 is 2.50 bits per heavy atom. The number of thiazole rings is 1. The highest BCUT2D eigenvalue weighted by molar-refractivity contribution is 7.17. The number of rotatable bonds is 5. The molecule has 1 amide bonds. The molecule has 0 radical (unpaired) electrons. The second kappa shape index (κ2) is 7.17. The Morgan fingerprint density at radius 2 is 1.91 bits per heavy atom. The van der Waals surface area contributed by atoms with Gasteiger partial charge in [-0.1, -0.05) is 6.92 Å². The zero-order chi connectivity index (χ0) is 16.1. The van der Waals surface area contributed by atoms with Crippen LogP contribution in [0.25, 0.3) is 10.6 Å². The van der Waals surface area contributed by atoms with E-state index in [9.17, 15) is 9.59 Å². The van der Waals surface area contributed by atoms with Gasteiger partial charge in [-0.25, -0.2) is 9.78 Å². The molecular formula is C16H18N2O3S. The van der Waals surface area contributed by atoms with Crippen molar-refractivity contribution >= 4 is 28.9 Å². The molecule has 0 aliphatic carbocycles. The number of hydrogen-bond donors (Lipinski definition) is 1. The van der Waals surface area contributed by atoms with Crippen molar-refractivity contribution in [3.63, 3.8) is 0 Å². The predicted octanol–water partition coefficient (Wildman–Crippen LogP) is 3.64. The second-order valence-corrected chi connectivity index (χ2v) is 5.63. The number of aromatic nitrogens is 1. The lowest BCUT2D eigenvalue weighted by Gasteiger charge is -2.03. The summed E-state index contributed by atoms with van der Waals surface area (Å²) in [5.74, 6) is -0.363. The van der Waals surface area contributed by atoms with E-state index in [1.54, 1.807) is 20.8 Å². The summed E-state index contributed by atoms with van der Waals surface area (Å²) < 4.78 is 5.02. The molecular weight excluding hydrogens is 300 g/mol.